The van der Waals surface area contributed by atoms with Crippen molar-refractivity contribution in [3.63, 3.8) is 0 Å². The molecule has 0 unspecified atom stereocenters. The van der Waals surface area contributed by atoms with E-state index in [-0.39, 0.29) is 18.9 Å². The molecule has 0 aliphatic heterocycles. The number of benzene rings is 1. The van der Waals surface area contributed by atoms with E-state index in [4.69, 9.17) is 4.74 Å². The van der Waals surface area contributed by atoms with Crippen LogP contribution in [0.15, 0.2) is 36.4 Å². The van der Waals surface area contributed by atoms with Gasteiger partial charge in [-0.2, -0.15) is 0 Å². The van der Waals surface area contributed by atoms with Gasteiger partial charge < -0.3 is 9.57 Å². The maximum atomic E-state index is 11.5. The number of hydrogen-bond donors (Lipinski definition) is 1. The Morgan fingerprint density at radius 2 is 2.00 bits per heavy atom. The van der Waals surface area contributed by atoms with E-state index in [1.54, 1.807) is 6.07 Å². The van der Waals surface area contributed by atoms with Gasteiger partial charge in [-0.05, 0) is 18.1 Å². The summed E-state index contributed by atoms with van der Waals surface area (Å²) in [5.41, 5.74) is 3.42. The van der Waals surface area contributed by atoms with Crippen molar-refractivity contribution in [1.29, 1.82) is 0 Å². The van der Waals surface area contributed by atoms with Crippen LogP contribution in [0.25, 0.3) is 10.9 Å². The van der Waals surface area contributed by atoms with Gasteiger partial charge >= 0.3 is 12.1 Å². The molecule has 2 rings (SSSR count). The number of nitrogens with one attached hydrogen (secondary N) is 1. The molecule has 1 heterocycles. The van der Waals surface area contributed by atoms with Crippen molar-refractivity contribution in [3.8, 4) is 0 Å². The van der Waals surface area contributed by atoms with E-state index in [1.807, 2.05) is 49.7 Å². The Kier molecular flexibility index (Phi) is 5.91. The number of fused-ring (bicyclic) bond motifs is 1. The molecule has 1 aromatic heterocycles. The Hall–Kier alpha value is -2.63. The van der Waals surface area contributed by atoms with Crippen LogP contribution in [0.1, 0.15) is 32.4 Å². The van der Waals surface area contributed by atoms with Gasteiger partial charge in [0.15, 0.2) is 0 Å². The Bertz CT molecular complexity index is 687. The summed E-state index contributed by atoms with van der Waals surface area (Å²) < 4.78 is 4.97. The first-order valence-electron chi connectivity index (χ1n) is 7.55. The number of carbonyl (C=O) groups is 2. The molecule has 2 aromatic rings. The average Bonchev–Trinajstić information content (AvgIpc) is 2.57. The zero-order valence-electron chi connectivity index (χ0n) is 13.2. The molecule has 6 heteroatoms. The fourth-order valence-electron chi connectivity index (χ4n) is 1.93. The van der Waals surface area contributed by atoms with Gasteiger partial charge in [0.05, 0.1) is 17.6 Å². The third-order valence-electron chi connectivity index (χ3n) is 3.47. The van der Waals surface area contributed by atoms with Crippen LogP contribution in [-0.4, -0.2) is 17.0 Å². The number of ether oxygens (including phenoxy) is 1. The summed E-state index contributed by atoms with van der Waals surface area (Å²) in [6.45, 7) is 3.92. The Morgan fingerprint density at radius 3 is 2.78 bits per heavy atom. The molecule has 0 spiro atoms. The van der Waals surface area contributed by atoms with Gasteiger partial charge in [0.1, 0.15) is 6.61 Å². The van der Waals surface area contributed by atoms with E-state index in [1.165, 1.54) is 0 Å². The minimum atomic E-state index is -0.822. The zero-order chi connectivity index (χ0) is 16.7. The molecule has 6 nitrogen and oxygen atoms in total. The summed E-state index contributed by atoms with van der Waals surface area (Å²) in [5.74, 6) is -0.276. The quantitative estimate of drug-likeness (QED) is 0.856. The summed E-state index contributed by atoms with van der Waals surface area (Å²) in [7, 11) is 0. The van der Waals surface area contributed by atoms with E-state index in [9.17, 15) is 9.59 Å². The van der Waals surface area contributed by atoms with Crippen molar-refractivity contribution in [2.24, 2.45) is 5.92 Å². The molecule has 0 aliphatic carbocycles. The minimum Gasteiger partial charge on any atom is -0.441 e. The Morgan fingerprint density at radius 1 is 1.22 bits per heavy atom. The highest BCUT2D eigenvalue weighted by molar-refractivity contribution is 5.78. The van der Waals surface area contributed by atoms with Gasteiger partial charge in [0.25, 0.3) is 0 Å². The lowest BCUT2D eigenvalue weighted by Crippen LogP contribution is -2.28. The van der Waals surface area contributed by atoms with Crippen LogP contribution in [0.4, 0.5) is 4.79 Å². The fraction of sp³-hybridized carbons (Fsp3) is 0.353. The second-order valence-corrected chi connectivity index (χ2v) is 5.37. The minimum absolute atomic E-state index is 0.000416. The number of hydroxylamine groups is 1. The predicted molar refractivity (Wildman–Crippen MR) is 85.2 cm³/mol. The van der Waals surface area contributed by atoms with E-state index < -0.39 is 12.1 Å². The van der Waals surface area contributed by atoms with Crippen LogP contribution in [0.2, 0.25) is 0 Å². The zero-order valence-corrected chi connectivity index (χ0v) is 13.2. The maximum absolute atomic E-state index is 11.5. The highest BCUT2D eigenvalue weighted by Crippen LogP contribution is 2.12. The molecule has 1 aromatic carbocycles. The number of pyridine rings is 1. The largest absolute Gasteiger partial charge is 0.441 e. The summed E-state index contributed by atoms with van der Waals surface area (Å²) >= 11 is 0. The lowest BCUT2D eigenvalue weighted by molar-refractivity contribution is -0.150. The Labute approximate surface area is 134 Å². The smallest absolute Gasteiger partial charge is 0.441 e. The van der Waals surface area contributed by atoms with Crippen molar-refractivity contribution in [1.82, 2.24) is 10.5 Å². The monoisotopic (exact) mass is 316 g/mol. The van der Waals surface area contributed by atoms with E-state index in [0.29, 0.717) is 5.69 Å². The van der Waals surface area contributed by atoms with Gasteiger partial charge in [-0.1, -0.05) is 44.5 Å². The molecule has 23 heavy (non-hydrogen) atoms. The number of carbonyl (C=O) groups excluding carboxylic acids is 2. The molecule has 0 fully saturated rings. The highest BCUT2D eigenvalue weighted by atomic mass is 16.7. The van der Waals surface area contributed by atoms with Crippen molar-refractivity contribution < 1.29 is 19.2 Å². The number of amides is 1. The molecule has 0 radical (unpaired) electrons. The average molecular weight is 316 g/mol. The molecule has 0 aliphatic rings. The molecular formula is C17H20N2O4. The lowest BCUT2D eigenvalue weighted by atomic mass is 10.1. The Balaban J connectivity index is 1.78. The van der Waals surface area contributed by atoms with Gasteiger partial charge in [-0.15, -0.1) is 5.48 Å². The maximum Gasteiger partial charge on any atom is 0.441 e. The first kappa shape index (κ1) is 16.7. The summed E-state index contributed by atoms with van der Waals surface area (Å²) in [6.07, 6.45) is 0.299. The van der Waals surface area contributed by atoms with Crippen LogP contribution in [0.5, 0.6) is 0 Å². The van der Waals surface area contributed by atoms with Gasteiger partial charge in [-0.25, -0.2) is 14.6 Å². The number of hydrogen-bond acceptors (Lipinski definition) is 5. The number of rotatable bonds is 5. The van der Waals surface area contributed by atoms with Crippen molar-refractivity contribution in [2.45, 2.75) is 33.3 Å². The summed E-state index contributed by atoms with van der Waals surface area (Å²) in [5, 5.41) is 1.01. The van der Waals surface area contributed by atoms with Gasteiger partial charge in [-0.3, -0.25) is 0 Å². The van der Waals surface area contributed by atoms with Gasteiger partial charge in [0.2, 0.25) is 0 Å². The standard InChI is InChI=1S/C17H20N2O4/c1-3-12(2)10-16(20)23-19-17(21)22-11-14-9-8-13-6-4-5-7-15(13)18-14/h4-9,12H,3,10-11H2,1-2H3,(H,19,21)/t12-/m0/s1. The molecule has 0 saturated carbocycles. The third-order valence-corrected chi connectivity index (χ3v) is 3.47. The molecule has 1 N–H and O–H groups in total. The third kappa shape index (κ3) is 5.25. The van der Waals surface area contributed by atoms with E-state index in [2.05, 4.69) is 9.82 Å². The van der Waals surface area contributed by atoms with Crippen LogP contribution in [0, 0.1) is 5.92 Å². The molecule has 0 saturated heterocycles. The first-order valence-corrected chi connectivity index (χ1v) is 7.55. The molecule has 1 amide bonds. The fourth-order valence-corrected chi connectivity index (χ4v) is 1.93. The van der Waals surface area contributed by atoms with E-state index >= 15 is 0 Å². The van der Waals surface area contributed by atoms with Crippen LogP contribution < -0.4 is 5.48 Å². The van der Waals surface area contributed by atoms with Crippen molar-refractivity contribution in [3.05, 3.63) is 42.1 Å². The number of nitrogens with zero attached hydrogens (tertiary/aromatic N) is 1. The highest BCUT2D eigenvalue weighted by Gasteiger charge is 2.11. The lowest BCUT2D eigenvalue weighted by Gasteiger charge is -2.09. The van der Waals surface area contributed by atoms with Crippen molar-refractivity contribution >= 4 is 23.0 Å². The van der Waals surface area contributed by atoms with E-state index in [0.717, 1.165) is 17.3 Å². The normalized spacial score (nSPS) is 11.7. The van der Waals surface area contributed by atoms with Crippen LogP contribution >= 0.6 is 0 Å². The summed E-state index contributed by atoms with van der Waals surface area (Å²) in [4.78, 5) is 32.0. The molecule has 1 atom stereocenters. The second kappa shape index (κ2) is 8.12. The molecular weight excluding hydrogens is 296 g/mol. The summed E-state index contributed by atoms with van der Waals surface area (Å²) in [6, 6.07) is 11.4. The van der Waals surface area contributed by atoms with Crippen LogP contribution in [-0.2, 0) is 21.0 Å². The topological polar surface area (TPSA) is 77.5 Å². The molecule has 0 bridgehead atoms. The van der Waals surface area contributed by atoms with Gasteiger partial charge in [0, 0.05) is 5.39 Å². The predicted octanol–water partition coefficient (Wildman–Crippen LogP) is 3.36. The van der Waals surface area contributed by atoms with Crippen LogP contribution in [0.3, 0.4) is 0 Å². The molecule has 122 valence electrons. The number of para-hydroxylation sites is 1. The second-order valence-electron chi connectivity index (χ2n) is 5.37. The number of aromatic nitrogens is 1. The first-order chi connectivity index (χ1) is 11.1. The SMILES string of the molecule is CC[C@H](C)CC(=O)ONC(=O)OCc1ccc2ccccc2n1. The van der Waals surface area contributed by atoms with Crippen molar-refractivity contribution in [2.75, 3.05) is 0 Å².